The van der Waals surface area contributed by atoms with Gasteiger partial charge in [-0.15, -0.1) is 0 Å². The van der Waals surface area contributed by atoms with Gasteiger partial charge in [0.15, 0.2) is 5.78 Å². The van der Waals surface area contributed by atoms with Gasteiger partial charge in [0, 0.05) is 29.9 Å². The molecule has 1 aromatic carbocycles. The van der Waals surface area contributed by atoms with Crippen LogP contribution in [0.15, 0.2) is 42.6 Å². The van der Waals surface area contributed by atoms with Gasteiger partial charge >= 0.3 is 0 Å². The van der Waals surface area contributed by atoms with Crippen molar-refractivity contribution in [3.63, 3.8) is 0 Å². The van der Waals surface area contributed by atoms with Crippen molar-refractivity contribution in [2.24, 2.45) is 0 Å². The molecule has 0 atom stereocenters. The zero-order chi connectivity index (χ0) is 16.4. The van der Waals surface area contributed by atoms with Crippen molar-refractivity contribution in [1.82, 2.24) is 19.7 Å². The van der Waals surface area contributed by atoms with Crippen LogP contribution in [0, 0.1) is 0 Å². The van der Waals surface area contributed by atoms with Crippen LogP contribution in [0.4, 0.5) is 11.5 Å². The average molecular weight is 348 g/mol. The third-order valence-corrected chi connectivity index (χ3v) is 3.40. The average Bonchev–Trinajstić information content (AvgIpc) is 2.99. The van der Waals surface area contributed by atoms with Crippen molar-refractivity contribution in [2.45, 2.75) is 6.92 Å². The summed E-state index contributed by atoms with van der Waals surface area (Å²) in [7, 11) is 0. The summed E-state index contributed by atoms with van der Waals surface area (Å²) < 4.78 is 1.40. The van der Waals surface area contributed by atoms with Crippen LogP contribution in [-0.4, -0.2) is 25.5 Å². The SMILES string of the molecule is CC(=O)c1ccn(-c2nc(Cl)cc(Nc3ccc(Cl)cc3)n2)n1. The molecule has 0 saturated carbocycles. The molecular formula is C15H11Cl2N5O. The third kappa shape index (κ3) is 3.67. The molecule has 0 fully saturated rings. The highest BCUT2D eigenvalue weighted by Gasteiger charge is 2.10. The van der Waals surface area contributed by atoms with E-state index in [0.717, 1.165) is 5.69 Å². The molecule has 0 radical (unpaired) electrons. The number of nitrogens with zero attached hydrogens (tertiary/aromatic N) is 4. The maximum Gasteiger partial charge on any atom is 0.253 e. The molecular weight excluding hydrogens is 337 g/mol. The Labute approximate surface area is 142 Å². The molecule has 0 unspecified atom stereocenters. The molecule has 0 aliphatic carbocycles. The standard InChI is InChI=1S/C15H11Cl2N5O/c1-9(23)12-6-7-22(21-12)15-19-13(17)8-14(20-15)18-11-4-2-10(16)3-5-11/h2-8H,1H3,(H,18,19,20). The van der Waals surface area contributed by atoms with E-state index in [1.54, 1.807) is 30.5 Å². The maximum absolute atomic E-state index is 11.3. The van der Waals surface area contributed by atoms with Crippen LogP contribution < -0.4 is 5.32 Å². The molecule has 0 aliphatic heterocycles. The van der Waals surface area contributed by atoms with Crippen LogP contribution in [-0.2, 0) is 0 Å². The van der Waals surface area contributed by atoms with Crippen LogP contribution >= 0.6 is 23.2 Å². The minimum Gasteiger partial charge on any atom is -0.340 e. The minimum atomic E-state index is -0.134. The largest absolute Gasteiger partial charge is 0.340 e. The summed E-state index contributed by atoms with van der Waals surface area (Å²) >= 11 is 11.9. The van der Waals surface area contributed by atoms with E-state index < -0.39 is 0 Å². The second kappa shape index (κ2) is 6.36. The molecule has 6 nitrogen and oxygen atoms in total. The van der Waals surface area contributed by atoms with Crippen molar-refractivity contribution in [3.05, 3.63) is 58.5 Å². The second-order valence-electron chi connectivity index (χ2n) is 4.71. The zero-order valence-electron chi connectivity index (χ0n) is 12.0. The van der Waals surface area contributed by atoms with Crippen molar-refractivity contribution in [1.29, 1.82) is 0 Å². The van der Waals surface area contributed by atoms with Gasteiger partial charge in [0.25, 0.3) is 5.95 Å². The molecule has 116 valence electrons. The number of carbonyl (C=O) groups excluding carboxylic acids is 1. The molecule has 3 rings (SSSR count). The number of rotatable bonds is 4. The smallest absolute Gasteiger partial charge is 0.253 e. The highest BCUT2D eigenvalue weighted by Crippen LogP contribution is 2.20. The topological polar surface area (TPSA) is 72.7 Å². The molecule has 0 bridgehead atoms. The minimum absolute atomic E-state index is 0.134. The van der Waals surface area contributed by atoms with E-state index >= 15 is 0 Å². The van der Waals surface area contributed by atoms with Crippen LogP contribution in [0.1, 0.15) is 17.4 Å². The number of halogens is 2. The first-order chi connectivity index (χ1) is 11.0. The van der Waals surface area contributed by atoms with Crippen molar-refractivity contribution < 1.29 is 4.79 Å². The quantitative estimate of drug-likeness (QED) is 0.572. The molecule has 0 saturated heterocycles. The monoisotopic (exact) mass is 347 g/mol. The van der Waals surface area contributed by atoms with Gasteiger partial charge < -0.3 is 5.32 Å². The summed E-state index contributed by atoms with van der Waals surface area (Å²) in [4.78, 5) is 19.8. The van der Waals surface area contributed by atoms with Gasteiger partial charge in [-0.1, -0.05) is 23.2 Å². The number of Topliss-reactive ketones (excluding diaryl/α,β-unsaturated/α-hetero) is 1. The van der Waals surface area contributed by atoms with E-state index in [9.17, 15) is 4.79 Å². The Kier molecular flexibility index (Phi) is 4.27. The van der Waals surface area contributed by atoms with E-state index in [2.05, 4.69) is 20.4 Å². The van der Waals surface area contributed by atoms with Crippen molar-refractivity contribution in [3.8, 4) is 5.95 Å². The Balaban J connectivity index is 1.92. The Morgan fingerprint density at radius 2 is 1.87 bits per heavy atom. The number of benzene rings is 1. The summed E-state index contributed by atoms with van der Waals surface area (Å²) in [5.74, 6) is 0.633. The highest BCUT2D eigenvalue weighted by molar-refractivity contribution is 6.30. The zero-order valence-corrected chi connectivity index (χ0v) is 13.5. The highest BCUT2D eigenvalue weighted by atomic mass is 35.5. The van der Waals surface area contributed by atoms with Gasteiger partial charge in [-0.05, 0) is 30.3 Å². The number of anilines is 2. The number of hydrogen-bond acceptors (Lipinski definition) is 5. The lowest BCUT2D eigenvalue weighted by Crippen LogP contribution is -2.06. The molecule has 2 aromatic heterocycles. The number of aromatic nitrogens is 4. The normalized spacial score (nSPS) is 10.6. The lowest BCUT2D eigenvalue weighted by atomic mass is 10.3. The van der Waals surface area contributed by atoms with Gasteiger partial charge in [0.1, 0.15) is 16.7 Å². The van der Waals surface area contributed by atoms with Crippen LogP contribution in [0.2, 0.25) is 10.2 Å². The molecule has 2 heterocycles. The van der Waals surface area contributed by atoms with Crippen LogP contribution in [0.25, 0.3) is 5.95 Å². The maximum atomic E-state index is 11.3. The molecule has 23 heavy (non-hydrogen) atoms. The van der Waals surface area contributed by atoms with E-state index in [1.807, 2.05) is 12.1 Å². The number of carbonyl (C=O) groups is 1. The van der Waals surface area contributed by atoms with Gasteiger partial charge in [-0.3, -0.25) is 4.79 Å². The van der Waals surface area contributed by atoms with Crippen LogP contribution in [0.5, 0.6) is 0 Å². The second-order valence-corrected chi connectivity index (χ2v) is 5.53. The lowest BCUT2D eigenvalue weighted by Gasteiger charge is -2.08. The van der Waals surface area contributed by atoms with E-state index in [4.69, 9.17) is 23.2 Å². The number of nitrogens with one attached hydrogen (secondary N) is 1. The van der Waals surface area contributed by atoms with E-state index in [1.165, 1.54) is 11.6 Å². The first-order valence-corrected chi connectivity index (χ1v) is 7.41. The third-order valence-electron chi connectivity index (χ3n) is 2.95. The van der Waals surface area contributed by atoms with Gasteiger partial charge in [0.05, 0.1) is 0 Å². The summed E-state index contributed by atoms with van der Waals surface area (Å²) in [6.45, 7) is 1.44. The first kappa shape index (κ1) is 15.5. The number of ketones is 1. The number of hydrogen-bond donors (Lipinski definition) is 1. The fraction of sp³-hybridized carbons (Fsp3) is 0.0667. The lowest BCUT2D eigenvalue weighted by molar-refractivity contribution is 0.101. The summed E-state index contributed by atoms with van der Waals surface area (Å²) in [5, 5.41) is 8.13. The fourth-order valence-corrected chi connectivity index (χ4v) is 2.18. The molecule has 3 aromatic rings. The van der Waals surface area contributed by atoms with Gasteiger partial charge in [-0.2, -0.15) is 15.1 Å². The molecule has 8 heteroatoms. The fourth-order valence-electron chi connectivity index (χ4n) is 1.88. The van der Waals surface area contributed by atoms with Crippen LogP contribution in [0.3, 0.4) is 0 Å². The van der Waals surface area contributed by atoms with Crippen molar-refractivity contribution in [2.75, 3.05) is 5.32 Å². The Hall–Kier alpha value is -2.44. The predicted octanol–water partition coefficient (Wildman–Crippen LogP) is 3.92. The molecule has 0 amide bonds. The summed E-state index contributed by atoms with van der Waals surface area (Å²) in [5.41, 5.74) is 1.14. The Bertz CT molecular complexity index is 861. The molecule has 1 N–H and O–H groups in total. The predicted molar refractivity (Wildman–Crippen MR) is 88.9 cm³/mol. The molecule has 0 aliphatic rings. The van der Waals surface area contributed by atoms with Crippen molar-refractivity contribution >= 4 is 40.5 Å². The Morgan fingerprint density at radius 1 is 1.13 bits per heavy atom. The van der Waals surface area contributed by atoms with Gasteiger partial charge in [0.2, 0.25) is 0 Å². The van der Waals surface area contributed by atoms with E-state index in [-0.39, 0.29) is 16.9 Å². The van der Waals surface area contributed by atoms with E-state index in [0.29, 0.717) is 16.5 Å². The summed E-state index contributed by atoms with van der Waals surface area (Å²) in [6, 6.07) is 10.4. The molecule has 0 spiro atoms. The van der Waals surface area contributed by atoms with Gasteiger partial charge in [-0.25, -0.2) is 4.68 Å². The summed E-state index contributed by atoms with van der Waals surface area (Å²) in [6.07, 6.45) is 1.61. The Morgan fingerprint density at radius 3 is 2.52 bits per heavy atom. The first-order valence-electron chi connectivity index (χ1n) is 6.65.